The molecule has 0 saturated carbocycles. The number of hydrogen-bond acceptors (Lipinski definition) is 35. The van der Waals surface area contributed by atoms with Gasteiger partial charge in [-0.2, -0.15) is 19.9 Å². The number of aliphatic hydroxyl groups is 1. The summed E-state index contributed by atoms with van der Waals surface area (Å²) in [4.78, 5) is 133. The van der Waals surface area contributed by atoms with Gasteiger partial charge in [-0.3, -0.25) is 84.6 Å². The first-order chi connectivity index (χ1) is 44.4. The van der Waals surface area contributed by atoms with Crippen molar-refractivity contribution in [1.29, 1.82) is 0 Å². The number of nitrogens with two attached hydrogens (primary N) is 6. The van der Waals surface area contributed by atoms with Gasteiger partial charge < -0.3 is 96.6 Å². The van der Waals surface area contributed by atoms with E-state index in [1.54, 1.807) is 6.92 Å². The number of aliphatic hydroxyl groups excluding tert-OH is 1. The average Bonchev–Trinajstić information content (AvgIpc) is 1.63. The Morgan fingerprint density at radius 2 is 0.755 bits per heavy atom. The zero-order valence-electron chi connectivity index (χ0n) is 47.8. The summed E-state index contributed by atoms with van der Waals surface area (Å²) >= 11 is 0. The fourth-order valence-corrected chi connectivity index (χ4v) is 15.1. The summed E-state index contributed by atoms with van der Waals surface area (Å²) in [5.74, 6) is -1.49. The highest BCUT2D eigenvalue weighted by atomic mass is 31.2. The Labute approximate surface area is 519 Å². The quantitative estimate of drug-likeness (QED) is 0.0735. The third-order valence-corrected chi connectivity index (χ3v) is 19.7. The molecule has 6 aliphatic rings. The van der Waals surface area contributed by atoms with Crippen molar-refractivity contribution in [3.05, 3.63) is 66.7 Å². The van der Waals surface area contributed by atoms with Crippen LogP contribution in [0.3, 0.4) is 0 Å². The van der Waals surface area contributed by atoms with Gasteiger partial charge in [0.1, 0.15) is 67.8 Å². The first-order valence-electron chi connectivity index (χ1n) is 27.6. The predicted molar refractivity (Wildman–Crippen MR) is 309 cm³/mol. The number of phosphoric acid groups is 2. The number of imidazole rings is 4. The predicted octanol–water partition coefficient (Wildman–Crippen LogP) is -4.80. The van der Waals surface area contributed by atoms with Crippen molar-refractivity contribution in [1.82, 2.24) is 78.1 Å². The minimum Gasteiger partial charge on any atom is -0.386 e. The molecule has 0 spiro atoms. The molecule has 21 N–H and O–H groups in total. The maximum atomic E-state index is 13.3. The van der Waals surface area contributed by atoms with E-state index in [1.165, 1.54) is 37.3 Å². The van der Waals surface area contributed by atoms with Gasteiger partial charge in [0.15, 0.2) is 63.3 Å². The van der Waals surface area contributed by atoms with Gasteiger partial charge in [0, 0.05) is 5.92 Å². The molecule has 0 aromatic carbocycles. The lowest BCUT2D eigenvalue weighted by atomic mass is 10.0. The van der Waals surface area contributed by atoms with E-state index in [-0.39, 0.29) is 68.4 Å². The van der Waals surface area contributed by atoms with E-state index >= 15 is 0 Å². The second-order valence-corrected chi connectivity index (χ2v) is 28.3. The molecule has 10 unspecified atom stereocenters. The van der Waals surface area contributed by atoms with Gasteiger partial charge in [0.05, 0.1) is 69.9 Å². The van der Waals surface area contributed by atoms with Crippen molar-refractivity contribution in [2.75, 3.05) is 62.1 Å². The van der Waals surface area contributed by atoms with Crippen molar-refractivity contribution >= 4 is 99.3 Å². The van der Waals surface area contributed by atoms with Gasteiger partial charge in [-0.25, -0.2) is 29.1 Å². The number of ether oxygens (including phenoxy) is 6. The number of hydrogen-bond donors (Lipinski definition) is 15. The minimum atomic E-state index is -5.03. The van der Waals surface area contributed by atoms with Gasteiger partial charge in [-0.05, 0) is 0 Å². The number of H-pyrrole nitrogens is 4. The zero-order valence-corrected chi connectivity index (χ0v) is 51.4. The molecule has 0 radical (unpaired) electrons. The summed E-state index contributed by atoms with van der Waals surface area (Å²) in [5.41, 5.74) is 32.6. The SMILES string of the molecule is C[C@@H]1C2OCP(=O)(O)OC[C@H]3OC(n4cnc5c(=O)[nH]c(N)nc54)[C@H](N)C3OP(=O)(O)OC[C@H]2O[C@H]1n1cnc2c(=O)[nH]c(N)nc21.Nc1nc2c(ncn2C2O[C@@H]3COP(=O)(O)COC4[C@@H](O)[C@H](n5cnc6c(=O)[nH]c(N)nc65)O[C@@H]4COP(=O)(O)OC3[C@H]2N)c(=O)[nH]1. The second kappa shape index (κ2) is 24.4. The van der Waals surface area contributed by atoms with Crippen LogP contribution in [0.5, 0.6) is 0 Å². The molecule has 508 valence electrons. The zero-order chi connectivity index (χ0) is 66.8. The first-order valence-corrected chi connectivity index (χ1v) is 34.1. The molecular formula is C43H56N22O25P4. The number of aromatic nitrogens is 16. The van der Waals surface area contributed by atoms with E-state index in [9.17, 15) is 62.1 Å². The van der Waals surface area contributed by atoms with E-state index in [0.29, 0.717) is 0 Å². The van der Waals surface area contributed by atoms with Gasteiger partial charge >= 0.3 is 30.8 Å². The van der Waals surface area contributed by atoms with Crippen LogP contribution in [0.15, 0.2) is 44.5 Å². The van der Waals surface area contributed by atoms with E-state index < -0.39 is 190 Å². The van der Waals surface area contributed by atoms with Crippen molar-refractivity contribution < 1.29 is 98.5 Å². The highest BCUT2D eigenvalue weighted by Crippen LogP contribution is 2.54. The molecule has 8 aromatic heterocycles. The Morgan fingerprint density at radius 1 is 0.457 bits per heavy atom. The van der Waals surface area contributed by atoms with Crippen LogP contribution < -0.4 is 56.6 Å². The van der Waals surface area contributed by atoms with Crippen molar-refractivity contribution in [3.63, 3.8) is 0 Å². The van der Waals surface area contributed by atoms with E-state index in [4.69, 9.17) is 90.0 Å². The standard InChI is InChI=1S/C22H29N11O12P2.C21H27N11O13P2/c1-7-13-8(43-19(7)32-4-26-11-15(32)28-21(24)30-17(11)34)3-42-47(38,39)45-14-9(2-41-46(36,37)6-40-13)44-20(10(14)23)33-5-27-12-16(33)29-22(25)31-18(12)35;22-8-12-6(43-18(8)31-3-25-9-14(31)27-20(23)29-16(9)34)1-41-46(36,37)5-40-13-7(2-42-47(38,39)45-12)44-19(11(13)33)32-4-26-10-15(32)28-21(24)30-17(10)35/h4-5,7-10,13-14,19-20H,2-3,6,23H2,1H3,(H,36,37)(H,38,39)(H3,24,28,30,34)(H3,25,29,31,35);3-4,6-8,11-13,18-19,33H,1-2,5,22H2,(H,36,37)(H,38,39)(H3,23,27,29,34)(H3,24,28,30,35)/t7-,8-,9-,10-,13?,14?,19-,20?;6-,7-,8-,11-,12?,13?,18?,19-/m11/s1. The molecular weight excluding hydrogens is 1350 g/mol. The summed E-state index contributed by atoms with van der Waals surface area (Å²) in [6.07, 6.45) is -13.9. The number of nitrogens with one attached hydrogen (secondary N) is 4. The van der Waals surface area contributed by atoms with Crippen molar-refractivity contribution in [2.24, 2.45) is 17.4 Å². The van der Waals surface area contributed by atoms with E-state index in [0.717, 1.165) is 6.33 Å². The Balaban J connectivity index is 0.000000171. The topological polar surface area (TPSA) is 691 Å². The second-order valence-electron chi connectivity index (χ2n) is 21.9. The normalized spacial score (nSPS) is 36.9. The molecule has 51 heteroatoms. The van der Waals surface area contributed by atoms with E-state index in [1.807, 2.05) is 0 Å². The number of nitrogens with zero attached hydrogens (tertiary/aromatic N) is 12. The van der Waals surface area contributed by atoms with Crippen LogP contribution in [0.4, 0.5) is 23.8 Å². The average molecular weight is 1400 g/mol. The lowest BCUT2D eigenvalue weighted by molar-refractivity contribution is -0.0584. The fraction of sp³-hybridized carbons (Fsp3) is 0.535. The minimum absolute atomic E-state index is 0.00709. The molecule has 47 nitrogen and oxygen atoms in total. The number of nitrogen functional groups attached to an aromatic ring is 4. The maximum Gasteiger partial charge on any atom is 0.472 e. The molecule has 8 aromatic rings. The number of aromatic amines is 4. The molecule has 0 aliphatic carbocycles. The third-order valence-electron chi connectivity index (χ3n) is 15.7. The van der Waals surface area contributed by atoms with Crippen LogP contribution in [0.2, 0.25) is 0 Å². The van der Waals surface area contributed by atoms with Crippen LogP contribution in [0, 0.1) is 5.92 Å². The molecule has 0 amide bonds. The summed E-state index contributed by atoms with van der Waals surface area (Å²) in [7, 11) is -19.1. The Bertz CT molecular complexity index is 4420. The number of anilines is 4. The van der Waals surface area contributed by atoms with E-state index in [2.05, 4.69) is 59.8 Å². The van der Waals surface area contributed by atoms with Gasteiger partial charge in [-0.15, -0.1) is 0 Å². The van der Waals surface area contributed by atoms with Crippen molar-refractivity contribution in [3.8, 4) is 0 Å². The summed E-state index contributed by atoms with van der Waals surface area (Å²) in [6.45, 7) is -0.997. The first kappa shape index (κ1) is 65.4. The molecule has 14 heterocycles. The number of phosphoric ester groups is 2. The smallest absolute Gasteiger partial charge is 0.386 e. The molecule has 6 aliphatic heterocycles. The molecule has 94 heavy (non-hydrogen) atoms. The molecule has 0 bridgehead atoms. The van der Waals surface area contributed by atoms with Gasteiger partial charge in [0.25, 0.3) is 22.2 Å². The van der Waals surface area contributed by atoms with Crippen LogP contribution in [0.25, 0.3) is 44.7 Å². The number of rotatable bonds is 4. The fourth-order valence-electron chi connectivity index (χ4n) is 11.5. The molecule has 6 fully saturated rings. The summed E-state index contributed by atoms with van der Waals surface area (Å²) in [6, 6.07) is -2.53. The maximum absolute atomic E-state index is 13.3. The monoisotopic (exact) mass is 1400 g/mol. The Kier molecular flexibility index (Phi) is 17.0. The highest BCUT2D eigenvalue weighted by Gasteiger charge is 2.54. The third kappa shape index (κ3) is 12.4. The van der Waals surface area contributed by atoms with Crippen LogP contribution in [-0.4, -0.2) is 209 Å². The van der Waals surface area contributed by atoms with Crippen molar-refractivity contribution in [2.45, 2.75) is 98.9 Å². The van der Waals surface area contributed by atoms with Crippen LogP contribution in [0.1, 0.15) is 31.8 Å². The lowest BCUT2D eigenvalue weighted by Gasteiger charge is -2.24. The summed E-state index contributed by atoms with van der Waals surface area (Å²) in [5, 5.41) is 11.2. The molecule has 14 rings (SSSR count). The Morgan fingerprint density at radius 3 is 1.14 bits per heavy atom. The molecule has 6 saturated heterocycles. The largest absolute Gasteiger partial charge is 0.472 e. The molecule has 20 atom stereocenters. The number of fused-ring (bicyclic) bond motifs is 8. The lowest BCUT2D eigenvalue weighted by Crippen LogP contribution is -2.41. The summed E-state index contributed by atoms with van der Waals surface area (Å²) < 4.78 is 125. The Hall–Kier alpha value is -7.24. The van der Waals surface area contributed by atoms with Gasteiger partial charge in [-0.1, -0.05) is 6.92 Å². The van der Waals surface area contributed by atoms with Gasteiger partial charge in [0.2, 0.25) is 23.8 Å². The highest BCUT2D eigenvalue weighted by molar-refractivity contribution is 7.52. The van der Waals surface area contributed by atoms with Crippen LogP contribution in [-0.2, 0) is 73.8 Å². The van der Waals surface area contributed by atoms with Crippen LogP contribution >= 0.6 is 30.8 Å².